The van der Waals surface area contributed by atoms with E-state index in [1.54, 1.807) is 0 Å². The molecule has 0 amide bonds. The van der Waals surface area contributed by atoms with Crippen LogP contribution in [0.4, 0.5) is 0 Å². The molecule has 0 radical (unpaired) electrons. The Labute approximate surface area is 172 Å². The third-order valence-electron chi connectivity index (χ3n) is 7.81. The molecule has 0 unspecified atom stereocenters. The molecule has 5 nitrogen and oxygen atoms in total. The first-order valence-corrected chi connectivity index (χ1v) is 11.0. The van der Waals surface area contributed by atoms with E-state index in [0.29, 0.717) is 17.6 Å². The van der Waals surface area contributed by atoms with Crippen LogP contribution in [0.5, 0.6) is 5.75 Å². The molecule has 0 spiro atoms. The third kappa shape index (κ3) is 3.11. The number of fused-ring (bicyclic) bond motifs is 5. The van der Waals surface area contributed by atoms with E-state index in [1.807, 2.05) is 35.4 Å². The summed E-state index contributed by atoms with van der Waals surface area (Å²) in [5, 5.41) is 23.3. The number of hydrogen-bond acceptors (Lipinski definition) is 4. The number of aromatic hydroxyl groups is 1. The van der Waals surface area contributed by atoms with Gasteiger partial charge in [-0.1, -0.05) is 13.0 Å². The van der Waals surface area contributed by atoms with Crippen LogP contribution in [0.25, 0.3) is 0 Å². The Balaban J connectivity index is 1.37. The fourth-order valence-electron chi connectivity index (χ4n) is 6.31. The van der Waals surface area contributed by atoms with Gasteiger partial charge in [-0.25, -0.2) is 0 Å². The van der Waals surface area contributed by atoms with Crippen LogP contribution >= 0.6 is 0 Å². The lowest BCUT2D eigenvalue weighted by molar-refractivity contribution is 0.0955. The molecular weight excluding hydrogens is 360 g/mol. The van der Waals surface area contributed by atoms with E-state index in [9.17, 15) is 5.11 Å². The van der Waals surface area contributed by atoms with Crippen molar-refractivity contribution in [3.05, 3.63) is 47.3 Å². The molecule has 5 heteroatoms. The number of phenolic OH excluding ortho intramolecular Hbond substituents is 1. The van der Waals surface area contributed by atoms with Crippen LogP contribution in [0.15, 0.2) is 40.8 Å². The van der Waals surface area contributed by atoms with Crippen LogP contribution in [-0.2, 0) is 13.0 Å². The van der Waals surface area contributed by atoms with Crippen molar-refractivity contribution in [2.45, 2.75) is 64.8 Å². The molecule has 2 aromatic rings. The van der Waals surface area contributed by atoms with Gasteiger partial charge in [-0.2, -0.15) is 15.3 Å². The van der Waals surface area contributed by atoms with Crippen LogP contribution in [0.3, 0.4) is 0 Å². The summed E-state index contributed by atoms with van der Waals surface area (Å²) in [6.45, 7) is 5.38. The second-order valence-electron chi connectivity index (χ2n) is 9.21. The maximum absolute atomic E-state index is 9.86. The summed E-state index contributed by atoms with van der Waals surface area (Å²) in [4.78, 5) is 0. The smallest absolute Gasteiger partial charge is 0.115 e. The monoisotopic (exact) mass is 390 g/mol. The standard InChI is InChI=1S/C24H30N4O/c1-3-28-15-16(14-26-28)13-25-27-23-9-8-22-21-6-4-17-12-18(29)5-7-19(17)20(21)10-11-24(22,23)2/h5,7,12-15,20-22,29H,3-4,6,8-11H2,1-2H3/b25-13-,27-23-/t20-,21+,22+,24+/m0/s1. The molecule has 5 rings (SSSR count). The average Bonchev–Trinajstić information content (AvgIpc) is 3.32. The fourth-order valence-corrected chi connectivity index (χ4v) is 6.31. The summed E-state index contributed by atoms with van der Waals surface area (Å²) in [6, 6.07) is 6.02. The van der Waals surface area contributed by atoms with Crippen LogP contribution in [0, 0.1) is 17.3 Å². The Bertz CT molecular complexity index is 975. The van der Waals surface area contributed by atoms with Gasteiger partial charge in [0.05, 0.1) is 12.4 Å². The molecule has 4 atom stereocenters. The van der Waals surface area contributed by atoms with Gasteiger partial charge in [0.15, 0.2) is 0 Å². The first-order chi connectivity index (χ1) is 14.1. The lowest BCUT2D eigenvalue weighted by atomic mass is 9.55. The molecule has 1 N–H and O–H groups in total. The number of nitrogens with zero attached hydrogens (tertiary/aromatic N) is 4. The van der Waals surface area contributed by atoms with Crippen molar-refractivity contribution in [1.82, 2.24) is 9.78 Å². The summed E-state index contributed by atoms with van der Waals surface area (Å²) >= 11 is 0. The highest BCUT2D eigenvalue weighted by Gasteiger charge is 2.53. The normalized spacial score (nSPS) is 32.3. The van der Waals surface area contributed by atoms with Crippen molar-refractivity contribution >= 4 is 11.9 Å². The van der Waals surface area contributed by atoms with Crippen LogP contribution in [0.2, 0.25) is 0 Å². The second kappa shape index (κ2) is 7.12. The van der Waals surface area contributed by atoms with Crippen molar-refractivity contribution < 1.29 is 5.11 Å². The van der Waals surface area contributed by atoms with Crippen LogP contribution < -0.4 is 0 Å². The zero-order valence-electron chi connectivity index (χ0n) is 17.4. The number of phenols is 1. The van der Waals surface area contributed by atoms with Gasteiger partial charge in [0, 0.05) is 29.4 Å². The lowest BCUT2D eigenvalue weighted by Crippen LogP contribution is -2.42. The molecule has 3 aliphatic rings. The van der Waals surface area contributed by atoms with Crippen molar-refractivity contribution in [2.24, 2.45) is 27.5 Å². The minimum Gasteiger partial charge on any atom is -0.508 e. The number of aromatic nitrogens is 2. The zero-order chi connectivity index (χ0) is 20.0. The SMILES string of the molecule is CCn1cc(/C=N\N=C2\CC[C@@H]3[C@@H]4CCc5cc(O)ccc5[C@@H]4CC[C@@]23C)cn1. The highest BCUT2D eigenvalue weighted by molar-refractivity contribution is 5.93. The summed E-state index contributed by atoms with van der Waals surface area (Å²) in [5.74, 6) is 2.46. The van der Waals surface area contributed by atoms with E-state index in [-0.39, 0.29) is 5.41 Å². The van der Waals surface area contributed by atoms with Gasteiger partial charge in [0.1, 0.15) is 5.75 Å². The first-order valence-electron chi connectivity index (χ1n) is 11.0. The van der Waals surface area contributed by atoms with Crippen molar-refractivity contribution in [2.75, 3.05) is 0 Å². The van der Waals surface area contributed by atoms with Gasteiger partial charge in [-0.3, -0.25) is 4.68 Å². The summed E-state index contributed by atoms with van der Waals surface area (Å²) in [7, 11) is 0. The largest absolute Gasteiger partial charge is 0.508 e. The summed E-state index contributed by atoms with van der Waals surface area (Å²) in [5.41, 5.74) is 5.32. The molecule has 3 aliphatic carbocycles. The van der Waals surface area contributed by atoms with E-state index in [2.05, 4.69) is 30.1 Å². The predicted octanol–water partition coefficient (Wildman–Crippen LogP) is 4.94. The molecule has 152 valence electrons. The highest BCUT2D eigenvalue weighted by atomic mass is 16.3. The van der Waals surface area contributed by atoms with Gasteiger partial charge in [0.2, 0.25) is 0 Å². The topological polar surface area (TPSA) is 62.8 Å². The fraction of sp³-hybridized carbons (Fsp3) is 0.542. The number of hydrogen-bond donors (Lipinski definition) is 1. The Hall–Kier alpha value is -2.43. The van der Waals surface area contributed by atoms with Crippen LogP contribution in [-0.4, -0.2) is 26.8 Å². The van der Waals surface area contributed by atoms with E-state index in [4.69, 9.17) is 5.10 Å². The van der Waals surface area contributed by atoms with E-state index < -0.39 is 0 Å². The molecule has 0 aliphatic heterocycles. The molecule has 29 heavy (non-hydrogen) atoms. The van der Waals surface area contributed by atoms with Gasteiger partial charge in [-0.15, -0.1) is 0 Å². The van der Waals surface area contributed by atoms with Crippen LogP contribution in [0.1, 0.15) is 68.6 Å². The minimum absolute atomic E-state index is 0.181. The summed E-state index contributed by atoms with van der Waals surface area (Å²) < 4.78 is 1.91. The minimum atomic E-state index is 0.181. The van der Waals surface area contributed by atoms with Crippen molar-refractivity contribution in [3.63, 3.8) is 0 Å². The van der Waals surface area contributed by atoms with Gasteiger partial charge < -0.3 is 5.11 Å². The maximum Gasteiger partial charge on any atom is 0.115 e. The van der Waals surface area contributed by atoms with E-state index in [0.717, 1.165) is 30.9 Å². The summed E-state index contributed by atoms with van der Waals surface area (Å²) in [6.07, 6.45) is 12.7. The van der Waals surface area contributed by atoms with Crippen molar-refractivity contribution in [3.8, 4) is 5.75 Å². The third-order valence-corrected chi connectivity index (χ3v) is 7.81. The quantitative estimate of drug-likeness (QED) is 0.596. The van der Waals surface area contributed by atoms with E-state index >= 15 is 0 Å². The molecule has 0 bridgehead atoms. The first kappa shape index (κ1) is 18.6. The average molecular weight is 391 g/mol. The zero-order valence-corrected chi connectivity index (χ0v) is 17.4. The van der Waals surface area contributed by atoms with E-state index in [1.165, 1.54) is 42.5 Å². The van der Waals surface area contributed by atoms with Gasteiger partial charge >= 0.3 is 0 Å². The Morgan fingerprint density at radius 2 is 2.17 bits per heavy atom. The Morgan fingerprint density at radius 3 is 3.00 bits per heavy atom. The van der Waals surface area contributed by atoms with Gasteiger partial charge in [-0.05, 0) is 86.5 Å². The molecule has 1 heterocycles. The lowest BCUT2D eigenvalue weighted by Gasteiger charge is -2.49. The molecule has 1 aromatic carbocycles. The predicted molar refractivity (Wildman–Crippen MR) is 116 cm³/mol. The number of rotatable bonds is 3. The van der Waals surface area contributed by atoms with Gasteiger partial charge in [0.25, 0.3) is 0 Å². The number of aryl methyl sites for hydroxylation is 2. The molecule has 2 fully saturated rings. The Morgan fingerprint density at radius 1 is 1.28 bits per heavy atom. The maximum atomic E-state index is 9.86. The van der Waals surface area contributed by atoms with Crippen molar-refractivity contribution in [1.29, 1.82) is 0 Å². The number of benzene rings is 1. The Kier molecular flexibility index (Phi) is 4.56. The molecule has 0 saturated heterocycles. The highest BCUT2D eigenvalue weighted by Crippen LogP contribution is 2.60. The molecular formula is C24H30N4O. The molecule has 2 saturated carbocycles. The molecule has 1 aromatic heterocycles. The second-order valence-corrected chi connectivity index (χ2v) is 9.21.